The van der Waals surface area contributed by atoms with Crippen molar-refractivity contribution in [3.05, 3.63) is 45.1 Å². The first-order valence-electron chi connectivity index (χ1n) is 6.02. The Morgan fingerprint density at radius 1 is 1.50 bits per heavy atom. The zero-order valence-corrected chi connectivity index (χ0v) is 12.7. The average Bonchev–Trinajstić information content (AvgIpc) is 2.88. The van der Waals surface area contributed by atoms with Crippen LogP contribution in [0.15, 0.2) is 34.5 Å². The summed E-state index contributed by atoms with van der Waals surface area (Å²) in [4.78, 5) is 9.90. The summed E-state index contributed by atoms with van der Waals surface area (Å²) >= 11 is 5.27. The number of rotatable bonds is 6. The third-order valence-electron chi connectivity index (χ3n) is 2.65. The highest BCUT2D eigenvalue weighted by Crippen LogP contribution is 2.25. The second kappa shape index (κ2) is 6.97. The van der Waals surface area contributed by atoms with Crippen molar-refractivity contribution in [1.29, 1.82) is 0 Å². The Kier molecular flexibility index (Phi) is 5.28. The molecule has 0 amide bonds. The first kappa shape index (κ1) is 13.6. The van der Waals surface area contributed by atoms with E-state index in [1.807, 2.05) is 30.0 Å². The SMILES string of the molecule is CCCNC(Cc1cncs1)c1ncccc1Br. The van der Waals surface area contributed by atoms with Gasteiger partial charge in [-0.05, 0) is 41.0 Å². The predicted molar refractivity (Wildman–Crippen MR) is 78.8 cm³/mol. The van der Waals surface area contributed by atoms with Crippen LogP contribution in [0.1, 0.15) is 30.0 Å². The Bertz CT molecular complexity index is 473. The third kappa shape index (κ3) is 3.60. The fourth-order valence-corrected chi connectivity index (χ4v) is 2.96. The van der Waals surface area contributed by atoms with E-state index < -0.39 is 0 Å². The molecule has 0 aromatic carbocycles. The molecule has 0 aliphatic carbocycles. The molecule has 2 aromatic rings. The van der Waals surface area contributed by atoms with Crippen molar-refractivity contribution in [1.82, 2.24) is 15.3 Å². The topological polar surface area (TPSA) is 37.8 Å². The van der Waals surface area contributed by atoms with Crippen LogP contribution >= 0.6 is 27.3 Å². The van der Waals surface area contributed by atoms with Crippen molar-refractivity contribution in [3.8, 4) is 0 Å². The molecule has 0 radical (unpaired) electrons. The molecule has 0 aliphatic rings. The van der Waals surface area contributed by atoms with Gasteiger partial charge in [-0.25, -0.2) is 0 Å². The van der Waals surface area contributed by atoms with Crippen molar-refractivity contribution in [2.75, 3.05) is 6.54 Å². The highest BCUT2D eigenvalue weighted by atomic mass is 79.9. The summed E-state index contributed by atoms with van der Waals surface area (Å²) in [7, 11) is 0. The van der Waals surface area contributed by atoms with Gasteiger partial charge in [-0.3, -0.25) is 9.97 Å². The molecule has 0 saturated heterocycles. The number of pyridine rings is 1. The van der Waals surface area contributed by atoms with Crippen LogP contribution in [0.3, 0.4) is 0 Å². The van der Waals surface area contributed by atoms with Crippen molar-refractivity contribution in [2.45, 2.75) is 25.8 Å². The fourth-order valence-electron chi connectivity index (χ4n) is 1.78. The Balaban J connectivity index is 2.16. The molecule has 0 bridgehead atoms. The Labute approximate surface area is 120 Å². The fraction of sp³-hybridized carbons (Fsp3) is 0.385. The molecule has 1 unspecified atom stereocenters. The molecule has 18 heavy (non-hydrogen) atoms. The van der Waals surface area contributed by atoms with Crippen molar-refractivity contribution < 1.29 is 0 Å². The van der Waals surface area contributed by atoms with Gasteiger partial charge in [0, 0.05) is 28.2 Å². The standard InChI is InChI=1S/C13H16BrN3S/c1-2-5-16-12(7-10-8-15-9-18-10)13-11(14)4-3-6-17-13/h3-4,6,8-9,12,16H,2,5,7H2,1H3. The zero-order chi connectivity index (χ0) is 12.8. The van der Waals surface area contributed by atoms with Crippen LogP contribution < -0.4 is 5.32 Å². The summed E-state index contributed by atoms with van der Waals surface area (Å²) < 4.78 is 1.06. The molecule has 0 saturated carbocycles. The molecule has 2 rings (SSSR count). The second-order valence-electron chi connectivity index (χ2n) is 4.05. The van der Waals surface area contributed by atoms with E-state index in [0.717, 1.165) is 29.6 Å². The third-order valence-corrected chi connectivity index (χ3v) is 4.12. The largest absolute Gasteiger partial charge is 0.308 e. The van der Waals surface area contributed by atoms with Gasteiger partial charge in [0.1, 0.15) is 0 Å². The summed E-state index contributed by atoms with van der Waals surface area (Å²) in [5.74, 6) is 0. The second-order valence-corrected chi connectivity index (χ2v) is 5.87. The van der Waals surface area contributed by atoms with Gasteiger partial charge in [0.15, 0.2) is 0 Å². The van der Waals surface area contributed by atoms with E-state index in [1.54, 1.807) is 11.3 Å². The van der Waals surface area contributed by atoms with Crippen LogP contribution in [0.5, 0.6) is 0 Å². The Hall–Kier alpha value is -0.780. The van der Waals surface area contributed by atoms with Crippen LogP contribution in [0.25, 0.3) is 0 Å². The van der Waals surface area contributed by atoms with Crippen LogP contribution in [-0.4, -0.2) is 16.5 Å². The number of nitrogens with one attached hydrogen (secondary N) is 1. The smallest absolute Gasteiger partial charge is 0.0794 e. The normalized spacial score (nSPS) is 12.6. The molecular weight excluding hydrogens is 310 g/mol. The van der Waals surface area contributed by atoms with Crippen molar-refractivity contribution in [2.24, 2.45) is 0 Å². The number of halogens is 1. The number of nitrogens with zero attached hydrogens (tertiary/aromatic N) is 2. The van der Waals surface area contributed by atoms with Gasteiger partial charge in [0.2, 0.25) is 0 Å². The van der Waals surface area contributed by atoms with Crippen molar-refractivity contribution >= 4 is 27.3 Å². The summed E-state index contributed by atoms with van der Waals surface area (Å²) in [5.41, 5.74) is 2.94. The molecule has 5 heteroatoms. The van der Waals surface area contributed by atoms with E-state index in [2.05, 4.69) is 38.1 Å². The van der Waals surface area contributed by atoms with E-state index in [4.69, 9.17) is 0 Å². The number of hydrogen-bond donors (Lipinski definition) is 1. The van der Waals surface area contributed by atoms with Crippen molar-refractivity contribution in [3.63, 3.8) is 0 Å². The molecule has 0 fully saturated rings. The maximum absolute atomic E-state index is 4.49. The minimum Gasteiger partial charge on any atom is -0.308 e. The quantitative estimate of drug-likeness (QED) is 0.882. The number of aromatic nitrogens is 2. The summed E-state index contributed by atoms with van der Waals surface area (Å²) in [6, 6.07) is 4.22. The van der Waals surface area contributed by atoms with Crippen LogP contribution in [0.4, 0.5) is 0 Å². The van der Waals surface area contributed by atoms with E-state index in [1.165, 1.54) is 4.88 Å². The summed E-state index contributed by atoms with van der Waals surface area (Å²) in [5, 5.41) is 3.55. The molecule has 1 atom stereocenters. The molecule has 0 spiro atoms. The van der Waals surface area contributed by atoms with Gasteiger partial charge in [-0.15, -0.1) is 11.3 Å². The predicted octanol–water partition coefficient (Wildman–Crippen LogP) is 3.58. The number of thiazole rings is 1. The van der Waals surface area contributed by atoms with Gasteiger partial charge in [0.25, 0.3) is 0 Å². The van der Waals surface area contributed by atoms with Gasteiger partial charge in [-0.2, -0.15) is 0 Å². The van der Waals surface area contributed by atoms with E-state index >= 15 is 0 Å². The molecule has 1 N–H and O–H groups in total. The lowest BCUT2D eigenvalue weighted by Crippen LogP contribution is -2.25. The molecule has 96 valence electrons. The highest BCUT2D eigenvalue weighted by Gasteiger charge is 2.16. The maximum Gasteiger partial charge on any atom is 0.0794 e. The first-order chi connectivity index (χ1) is 8.81. The lowest BCUT2D eigenvalue weighted by atomic mass is 10.1. The summed E-state index contributed by atoms with van der Waals surface area (Å²) in [6.45, 7) is 3.16. The van der Waals surface area contributed by atoms with Gasteiger partial charge in [0.05, 0.1) is 17.2 Å². The van der Waals surface area contributed by atoms with Crippen LogP contribution in [0.2, 0.25) is 0 Å². The molecule has 2 aromatic heterocycles. The molecule has 0 aliphatic heterocycles. The molecule has 2 heterocycles. The first-order valence-corrected chi connectivity index (χ1v) is 7.69. The minimum atomic E-state index is 0.237. The molecule has 3 nitrogen and oxygen atoms in total. The van der Waals surface area contributed by atoms with Gasteiger partial charge in [-0.1, -0.05) is 6.92 Å². The van der Waals surface area contributed by atoms with E-state index in [9.17, 15) is 0 Å². The van der Waals surface area contributed by atoms with Crippen LogP contribution in [-0.2, 0) is 6.42 Å². The monoisotopic (exact) mass is 325 g/mol. The average molecular weight is 326 g/mol. The van der Waals surface area contributed by atoms with Crippen LogP contribution in [0, 0.1) is 0 Å². The Morgan fingerprint density at radius 2 is 2.39 bits per heavy atom. The lowest BCUT2D eigenvalue weighted by Gasteiger charge is -2.18. The molecular formula is C13H16BrN3S. The van der Waals surface area contributed by atoms with Gasteiger partial charge < -0.3 is 5.32 Å². The van der Waals surface area contributed by atoms with E-state index in [-0.39, 0.29) is 6.04 Å². The van der Waals surface area contributed by atoms with E-state index in [0.29, 0.717) is 0 Å². The number of hydrogen-bond acceptors (Lipinski definition) is 4. The maximum atomic E-state index is 4.49. The lowest BCUT2D eigenvalue weighted by molar-refractivity contribution is 0.518. The summed E-state index contributed by atoms with van der Waals surface area (Å²) in [6.07, 6.45) is 5.82. The van der Waals surface area contributed by atoms with Gasteiger partial charge >= 0.3 is 0 Å². The minimum absolute atomic E-state index is 0.237. The zero-order valence-electron chi connectivity index (χ0n) is 10.3. The Morgan fingerprint density at radius 3 is 3.06 bits per heavy atom. The highest BCUT2D eigenvalue weighted by molar-refractivity contribution is 9.10.